The quantitative estimate of drug-likeness (QED) is 0.672. The zero-order valence-corrected chi connectivity index (χ0v) is 9.93. The van der Waals surface area contributed by atoms with E-state index < -0.39 is 5.60 Å². The van der Waals surface area contributed by atoms with Gasteiger partial charge in [0.25, 0.3) is 0 Å². The van der Waals surface area contributed by atoms with E-state index in [0.29, 0.717) is 11.8 Å². The SMILES string of the molecule is CCCCC(O)(CC(C)C)C(C)C. The zero-order valence-electron chi connectivity index (χ0n) is 9.93. The first-order valence-electron chi connectivity index (χ1n) is 5.64. The topological polar surface area (TPSA) is 20.2 Å². The van der Waals surface area contributed by atoms with E-state index in [-0.39, 0.29) is 0 Å². The maximum absolute atomic E-state index is 10.4. The van der Waals surface area contributed by atoms with Crippen LogP contribution in [0.25, 0.3) is 0 Å². The number of rotatable bonds is 6. The normalized spacial score (nSPS) is 16.6. The second kappa shape index (κ2) is 5.64. The molecule has 0 bridgehead atoms. The number of unbranched alkanes of at least 4 members (excludes halogenated alkanes) is 1. The Kier molecular flexibility index (Phi) is 5.62. The van der Waals surface area contributed by atoms with Gasteiger partial charge in [-0.05, 0) is 24.7 Å². The molecule has 0 fully saturated rings. The first-order valence-corrected chi connectivity index (χ1v) is 5.64. The molecule has 0 aliphatic carbocycles. The predicted octanol–water partition coefficient (Wildman–Crippen LogP) is 3.61. The third kappa shape index (κ3) is 4.66. The van der Waals surface area contributed by atoms with Gasteiger partial charge in [-0.3, -0.25) is 0 Å². The Labute approximate surface area is 83.5 Å². The van der Waals surface area contributed by atoms with Crippen molar-refractivity contribution in [2.45, 2.75) is 65.9 Å². The van der Waals surface area contributed by atoms with Crippen LogP contribution in [0, 0.1) is 11.8 Å². The molecular formula is C12H26O. The largest absolute Gasteiger partial charge is 0.390 e. The number of hydrogen-bond acceptors (Lipinski definition) is 1. The molecule has 0 amide bonds. The maximum atomic E-state index is 10.4. The van der Waals surface area contributed by atoms with Crippen LogP contribution in [0.2, 0.25) is 0 Å². The standard InChI is InChI=1S/C12H26O/c1-6-7-8-12(13,11(4)5)9-10(2)3/h10-11,13H,6-9H2,1-5H3. The highest BCUT2D eigenvalue weighted by Crippen LogP contribution is 2.30. The van der Waals surface area contributed by atoms with E-state index in [4.69, 9.17) is 0 Å². The van der Waals surface area contributed by atoms with Gasteiger partial charge in [-0.1, -0.05) is 47.5 Å². The summed E-state index contributed by atoms with van der Waals surface area (Å²) in [7, 11) is 0. The lowest BCUT2D eigenvalue weighted by Crippen LogP contribution is -2.36. The summed E-state index contributed by atoms with van der Waals surface area (Å²) >= 11 is 0. The first-order chi connectivity index (χ1) is 5.92. The minimum Gasteiger partial charge on any atom is -0.390 e. The van der Waals surface area contributed by atoms with Crippen molar-refractivity contribution in [1.82, 2.24) is 0 Å². The summed E-state index contributed by atoms with van der Waals surface area (Å²) < 4.78 is 0. The fraction of sp³-hybridized carbons (Fsp3) is 1.00. The van der Waals surface area contributed by atoms with Crippen LogP contribution in [-0.4, -0.2) is 10.7 Å². The maximum Gasteiger partial charge on any atom is 0.0673 e. The van der Waals surface area contributed by atoms with Gasteiger partial charge < -0.3 is 5.11 Å². The molecule has 1 heteroatoms. The second-order valence-electron chi connectivity index (χ2n) is 4.96. The van der Waals surface area contributed by atoms with Crippen molar-refractivity contribution in [3.63, 3.8) is 0 Å². The molecule has 0 saturated carbocycles. The van der Waals surface area contributed by atoms with Crippen molar-refractivity contribution in [2.24, 2.45) is 11.8 Å². The van der Waals surface area contributed by atoms with Crippen LogP contribution in [0.1, 0.15) is 60.3 Å². The van der Waals surface area contributed by atoms with E-state index in [9.17, 15) is 5.11 Å². The molecule has 13 heavy (non-hydrogen) atoms. The minimum atomic E-state index is -0.426. The molecule has 0 aromatic rings. The van der Waals surface area contributed by atoms with Gasteiger partial charge in [0.1, 0.15) is 0 Å². The van der Waals surface area contributed by atoms with Gasteiger partial charge in [-0.25, -0.2) is 0 Å². The highest BCUT2D eigenvalue weighted by atomic mass is 16.3. The molecule has 80 valence electrons. The lowest BCUT2D eigenvalue weighted by atomic mass is 9.79. The molecule has 1 unspecified atom stereocenters. The monoisotopic (exact) mass is 186 g/mol. The van der Waals surface area contributed by atoms with Crippen LogP contribution in [-0.2, 0) is 0 Å². The summed E-state index contributed by atoms with van der Waals surface area (Å²) in [6.07, 6.45) is 4.21. The van der Waals surface area contributed by atoms with Crippen LogP contribution >= 0.6 is 0 Å². The van der Waals surface area contributed by atoms with Crippen LogP contribution in [0.15, 0.2) is 0 Å². The summed E-state index contributed by atoms with van der Waals surface area (Å²) in [6, 6.07) is 0. The summed E-state index contributed by atoms with van der Waals surface area (Å²) in [4.78, 5) is 0. The molecule has 0 radical (unpaired) electrons. The van der Waals surface area contributed by atoms with Gasteiger partial charge in [0.2, 0.25) is 0 Å². The molecule has 0 spiro atoms. The number of hydrogen-bond donors (Lipinski definition) is 1. The molecule has 0 heterocycles. The van der Waals surface area contributed by atoms with Gasteiger partial charge in [0.05, 0.1) is 5.60 Å². The molecule has 1 N–H and O–H groups in total. The molecule has 1 atom stereocenters. The van der Waals surface area contributed by atoms with Crippen molar-refractivity contribution in [3.05, 3.63) is 0 Å². The summed E-state index contributed by atoms with van der Waals surface area (Å²) in [5, 5.41) is 10.4. The van der Waals surface area contributed by atoms with Gasteiger partial charge in [-0.15, -0.1) is 0 Å². The molecule has 0 aliphatic heterocycles. The molecule has 0 rings (SSSR count). The van der Waals surface area contributed by atoms with Gasteiger partial charge in [-0.2, -0.15) is 0 Å². The summed E-state index contributed by atoms with van der Waals surface area (Å²) in [5.41, 5.74) is -0.426. The molecule has 0 aromatic heterocycles. The highest BCUT2D eigenvalue weighted by molar-refractivity contribution is 4.82. The predicted molar refractivity (Wildman–Crippen MR) is 58.8 cm³/mol. The average molecular weight is 186 g/mol. The van der Waals surface area contributed by atoms with Crippen LogP contribution in [0.5, 0.6) is 0 Å². The molecule has 0 aliphatic rings. The van der Waals surface area contributed by atoms with E-state index >= 15 is 0 Å². The van der Waals surface area contributed by atoms with Crippen molar-refractivity contribution in [2.75, 3.05) is 0 Å². The summed E-state index contributed by atoms with van der Waals surface area (Å²) in [6.45, 7) is 10.8. The Balaban J connectivity index is 4.16. The zero-order chi connectivity index (χ0) is 10.5. The smallest absolute Gasteiger partial charge is 0.0673 e. The minimum absolute atomic E-state index is 0.376. The molecule has 1 nitrogen and oxygen atoms in total. The van der Waals surface area contributed by atoms with Gasteiger partial charge in [0.15, 0.2) is 0 Å². The van der Waals surface area contributed by atoms with Crippen LogP contribution < -0.4 is 0 Å². The fourth-order valence-corrected chi connectivity index (χ4v) is 1.82. The van der Waals surface area contributed by atoms with E-state index in [1.165, 1.54) is 6.42 Å². The van der Waals surface area contributed by atoms with E-state index in [1.807, 2.05) is 0 Å². The summed E-state index contributed by atoms with van der Waals surface area (Å²) in [5.74, 6) is 0.964. The Hall–Kier alpha value is -0.0400. The molecular weight excluding hydrogens is 160 g/mol. The van der Waals surface area contributed by atoms with Crippen molar-refractivity contribution < 1.29 is 5.11 Å². The fourth-order valence-electron chi connectivity index (χ4n) is 1.82. The highest BCUT2D eigenvalue weighted by Gasteiger charge is 2.30. The van der Waals surface area contributed by atoms with Crippen LogP contribution in [0.4, 0.5) is 0 Å². The molecule has 0 saturated heterocycles. The van der Waals surface area contributed by atoms with Crippen molar-refractivity contribution in [1.29, 1.82) is 0 Å². The average Bonchev–Trinajstić information content (AvgIpc) is 1.99. The Morgan fingerprint density at radius 2 is 1.69 bits per heavy atom. The lowest BCUT2D eigenvalue weighted by Gasteiger charge is -2.34. The first kappa shape index (κ1) is 13.0. The van der Waals surface area contributed by atoms with Crippen LogP contribution in [0.3, 0.4) is 0 Å². The Morgan fingerprint density at radius 1 is 1.15 bits per heavy atom. The molecule has 0 aromatic carbocycles. The van der Waals surface area contributed by atoms with E-state index in [0.717, 1.165) is 19.3 Å². The Bertz CT molecular complexity index is 129. The lowest BCUT2D eigenvalue weighted by molar-refractivity contribution is -0.0323. The van der Waals surface area contributed by atoms with E-state index in [2.05, 4.69) is 34.6 Å². The second-order valence-corrected chi connectivity index (χ2v) is 4.96. The van der Waals surface area contributed by atoms with E-state index in [1.54, 1.807) is 0 Å². The third-order valence-electron chi connectivity index (χ3n) is 2.80. The Morgan fingerprint density at radius 3 is 2.00 bits per heavy atom. The van der Waals surface area contributed by atoms with Crippen molar-refractivity contribution in [3.8, 4) is 0 Å². The third-order valence-corrected chi connectivity index (χ3v) is 2.80. The van der Waals surface area contributed by atoms with Crippen molar-refractivity contribution >= 4 is 0 Å². The van der Waals surface area contributed by atoms with Gasteiger partial charge in [0, 0.05) is 0 Å². The number of aliphatic hydroxyl groups is 1. The van der Waals surface area contributed by atoms with Gasteiger partial charge >= 0.3 is 0 Å².